The predicted molar refractivity (Wildman–Crippen MR) is 139 cm³/mol. The van der Waals surface area contributed by atoms with E-state index in [9.17, 15) is 14.4 Å². The normalized spacial score (nSPS) is 13.2. The lowest BCUT2D eigenvalue weighted by atomic mass is 10.1. The van der Waals surface area contributed by atoms with E-state index in [1.807, 2.05) is 72.8 Å². The van der Waals surface area contributed by atoms with Gasteiger partial charge >= 0.3 is 5.97 Å². The molecule has 0 unspecified atom stereocenters. The topological polar surface area (TPSA) is 82.1 Å². The molecule has 7 heteroatoms. The summed E-state index contributed by atoms with van der Waals surface area (Å²) < 4.78 is 11.3. The minimum atomic E-state index is -1.22. The van der Waals surface area contributed by atoms with Crippen LogP contribution in [0.5, 0.6) is 5.75 Å². The lowest BCUT2D eigenvalue weighted by Gasteiger charge is -2.21. The first-order chi connectivity index (χ1) is 18.6. The standard InChI is InChI=1S/C31H25NO6/c33-29-26-13-7-8-14-27(26)30(34)32(29)38-28(31(35)37-21-24-11-5-2-6-12-24)19-22-15-17-25(18-16-22)36-20-23-9-3-1-4-10-23/h1-18,28H,19-21H2/t28-/m0/s1. The number of hydrogen-bond donors (Lipinski definition) is 0. The van der Waals surface area contributed by atoms with E-state index in [4.69, 9.17) is 14.3 Å². The molecule has 0 bridgehead atoms. The van der Waals surface area contributed by atoms with E-state index in [2.05, 4.69) is 0 Å². The monoisotopic (exact) mass is 507 g/mol. The Labute approximate surface area is 220 Å². The summed E-state index contributed by atoms with van der Waals surface area (Å²) in [6, 6.07) is 32.7. The number of esters is 1. The van der Waals surface area contributed by atoms with Crippen LogP contribution in [-0.2, 0) is 34.0 Å². The first-order valence-corrected chi connectivity index (χ1v) is 12.2. The summed E-state index contributed by atoms with van der Waals surface area (Å²) in [5, 5.41) is 0.649. The zero-order valence-electron chi connectivity index (χ0n) is 20.5. The maximum Gasteiger partial charge on any atom is 0.338 e. The number of carbonyl (C=O) groups is 3. The number of ether oxygens (including phenoxy) is 2. The van der Waals surface area contributed by atoms with Gasteiger partial charge in [-0.2, -0.15) is 0 Å². The fraction of sp³-hybridized carbons (Fsp3) is 0.129. The second kappa shape index (κ2) is 11.5. The molecule has 0 saturated carbocycles. The Bertz CT molecular complexity index is 1380. The van der Waals surface area contributed by atoms with Crippen LogP contribution in [0, 0.1) is 0 Å². The number of amides is 2. The van der Waals surface area contributed by atoms with Crippen LogP contribution in [0.1, 0.15) is 37.4 Å². The molecule has 1 atom stereocenters. The van der Waals surface area contributed by atoms with Crippen molar-refractivity contribution < 1.29 is 28.7 Å². The van der Waals surface area contributed by atoms with Crippen molar-refractivity contribution in [2.45, 2.75) is 25.7 Å². The van der Waals surface area contributed by atoms with E-state index in [1.54, 1.807) is 36.4 Å². The Morgan fingerprint density at radius 3 is 1.74 bits per heavy atom. The Balaban J connectivity index is 1.29. The molecule has 0 aliphatic carbocycles. The summed E-state index contributed by atoms with van der Waals surface area (Å²) in [4.78, 5) is 44.5. The quantitative estimate of drug-likeness (QED) is 0.218. The van der Waals surface area contributed by atoms with Gasteiger partial charge in [-0.3, -0.25) is 9.59 Å². The lowest BCUT2D eigenvalue weighted by Crippen LogP contribution is -2.40. The van der Waals surface area contributed by atoms with Crippen molar-refractivity contribution in [1.82, 2.24) is 5.06 Å². The Morgan fingerprint density at radius 2 is 1.16 bits per heavy atom. The molecule has 0 radical (unpaired) electrons. The zero-order chi connectivity index (χ0) is 26.3. The second-order valence-electron chi connectivity index (χ2n) is 8.76. The SMILES string of the molecule is O=C(OCc1ccccc1)[C@H](Cc1ccc(OCc2ccccc2)cc1)ON1C(=O)c2ccccc2C1=O. The van der Waals surface area contributed by atoms with Crippen LogP contribution >= 0.6 is 0 Å². The molecule has 0 aromatic heterocycles. The van der Waals surface area contributed by atoms with Crippen LogP contribution in [0.25, 0.3) is 0 Å². The third kappa shape index (κ3) is 5.79. The molecular formula is C31H25NO6. The molecule has 2 amide bonds. The number of nitrogens with zero attached hydrogens (tertiary/aromatic N) is 1. The van der Waals surface area contributed by atoms with Gasteiger partial charge in [-0.25, -0.2) is 9.63 Å². The lowest BCUT2D eigenvalue weighted by molar-refractivity contribution is -0.181. The summed E-state index contributed by atoms with van der Waals surface area (Å²) in [6.07, 6.45) is -1.14. The number of rotatable bonds is 10. The molecule has 0 spiro atoms. The van der Waals surface area contributed by atoms with E-state index >= 15 is 0 Å². The molecule has 0 saturated heterocycles. The zero-order valence-corrected chi connectivity index (χ0v) is 20.5. The van der Waals surface area contributed by atoms with Crippen LogP contribution in [0.4, 0.5) is 0 Å². The molecule has 7 nitrogen and oxygen atoms in total. The first kappa shape index (κ1) is 24.9. The minimum absolute atomic E-state index is 0.0356. The highest BCUT2D eigenvalue weighted by molar-refractivity contribution is 6.20. The van der Waals surface area contributed by atoms with Crippen LogP contribution < -0.4 is 4.74 Å². The highest BCUT2D eigenvalue weighted by Gasteiger charge is 2.39. The maximum atomic E-state index is 13.1. The fourth-order valence-corrected chi connectivity index (χ4v) is 4.05. The molecule has 4 aromatic carbocycles. The van der Waals surface area contributed by atoms with Crippen molar-refractivity contribution in [3.05, 3.63) is 137 Å². The van der Waals surface area contributed by atoms with Gasteiger partial charge in [-0.15, -0.1) is 5.06 Å². The maximum absolute atomic E-state index is 13.1. The van der Waals surface area contributed by atoms with Gasteiger partial charge < -0.3 is 9.47 Å². The van der Waals surface area contributed by atoms with Crippen molar-refractivity contribution in [3.63, 3.8) is 0 Å². The van der Waals surface area contributed by atoms with Gasteiger partial charge in [-0.1, -0.05) is 84.9 Å². The van der Waals surface area contributed by atoms with Crippen LogP contribution in [0.3, 0.4) is 0 Å². The molecule has 0 fully saturated rings. The first-order valence-electron chi connectivity index (χ1n) is 12.2. The molecule has 1 aliphatic rings. The van der Waals surface area contributed by atoms with Crippen LogP contribution in [0.2, 0.25) is 0 Å². The molecule has 0 N–H and O–H groups in total. The van der Waals surface area contributed by atoms with Gasteiger partial charge in [0.15, 0.2) is 6.10 Å². The molecule has 38 heavy (non-hydrogen) atoms. The Hall–Kier alpha value is -4.75. The fourth-order valence-electron chi connectivity index (χ4n) is 4.05. The van der Waals surface area contributed by atoms with E-state index in [1.165, 1.54) is 0 Å². The van der Waals surface area contributed by atoms with E-state index < -0.39 is 23.9 Å². The molecule has 5 rings (SSSR count). The van der Waals surface area contributed by atoms with Gasteiger partial charge in [0.25, 0.3) is 11.8 Å². The van der Waals surface area contributed by atoms with Gasteiger partial charge in [-0.05, 0) is 41.0 Å². The molecule has 1 aliphatic heterocycles. The number of hydroxylamine groups is 2. The van der Waals surface area contributed by atoms with Crippen molar-refractivity contribution in [3.8, 4) is 5.75 Å². The van der Waals surface area contributed by atoms with Crippen molar-refractivity contribution in [1.29, 1.82) is 0 Å². The summed E-state index contributed by atoms with van der Waals surface area (Å²) in [6.45, 7) is 0.464. The predicted octanol–water partition coefficient (Wildman–Crippen LogP) is 5.15. The van der Waals surface area contributed by atoms with Gasteiger partial charge in [0.05, 0.1) is 11.1 Å². The smallest absolute Gasteiger partial charge is 0.338 e. The van der Waals surface area contributed by atoms with E-state index in [-0.39, 0.29) is 24.2 Å². The van der Waals surface area contributed by atoms with E-state index in [0.717, 1.165) is 16.7 Å². The average Bonchev–Trinajstić information content (AvgIpc) is 3.21. The van der Waals surface area contributed by atoms with Crippen LogP contribution in [0.15, 0.2) is 109 Å². The summed E-state index contributed by atoms with van der Waals surface area (Å²) in [7, 11) is 0. The summed E-state index contributed by atoms with van der Waals surface area (Å²) in [5.74, 6) is -1.25. The molecule has 1 heterocycles. The number of hydrogen-bond acceptors (Lipinski definition) is 6. The number of benzene rings is 4. The van der Waals surface area contributed by atoms with Crippen LogP contribution in [-0.4, -0.2) is 29.0 Å². The van der Waals surface area contributed by atoms with Crippen molar-refractivity contribution in [2.24, 2.45) is 0 Å². The third-order valence-corrected chi connectivity index (χ3v) is 6.07. The molecule has 4 aromatic rings. The largest absolute Gasteiger partial charge is 0.489 e. The number of fused-ring (bicyclic) bond motifs is 1. The summed E-state index contributed by atoms with van der Waals surface area (Å²) >= 11 is 0. The Kier molecular flexibility index (Phi) is 7.57. The molecule has 190 valence electrons. The van der Waals surface area contributed by atoms with Gasteiger partial charge in [0.1, 0.15) is 19.0 Å². The highest BCUT2D eigenvalue weighted by atomic mass is 16.7. The third-order valence-electron chi connectivity index (χ3n) is 6.07. The van der Waals surface area contributed by atoms with Gasteiger partial charge in [0.2, 0.25) is 0 Å². The average molecular weight is 508 g/mol. The molecular weight excluding hydrogens is 482 g/mol. The number of carbonyl (C=O) groups excluding carboxylic acids is 3. The van der Waals surface area contributed by atoms with Crippen molar-refractivity contribution >= 4 is 17.8 Å². The minimum Gasteiger partial charge on any atom is -0.489 e. The Morgan fingerprint density at radius 1 is 0.632 bits per heavy atom. The second-order valence-corrected chi connectivity index (χ2v) is 8.76. The number of imide groups is 1. The van der Waals surface area contributed by atoms with E-state index in [0.29, 0.717) is 17.4 Å². The van der Waals surface area contributed by atoms with Crippen molar-refractivity contribution in [2.75, 3.05) is 0 Å². The summed E-state index contributed by atoms with van der Waals surface area (Å²) in [5.41, 5.74) is 3.06. The van der Waals surface area contributed by atoms with Gasteiger partial charge in [0, 0.05) is 6.42 Å². The highest BCUT2D eigenvalue weighted by Crippen LogP contribution is 2.25.